The maximum absolute atomic E-state index is 12.6. The van der Waals surface area contributed by atoms with Gasteiger partial charge in [0, 0.05) is 24.2 Å². The van der Waals surface area contributed by atoms with E-state index >= 15 is 0 Å². The van der Waals surface area contributed by atoms with Crippen LogP contribution in [0.4, 0.5) is 5.69 Å². The summed E-state index contributed by atoms with van der Waals surface area (Å²) in [6.07, 6.45) is 2.52. The van der Waals surface area contributed by atoms with Crippen LogP contribution >= 0.6 is 0 Å². The van der Waals surface area contributed by atoms with Crippen molar-refractivity contribution in [2.45, 2.75) is 37.8 Å². The van der Waals surface area contributed by atoms with Crippen molar-refractivity contribution in [2.75, 3.05) is 0 Å². The van der Waals surface area contributed by atoms with E-state index in [0.717, 1.165) is 0 Å². The number of carbonyl (C=O) groups is 1. The summed E-state index contributed by atoms with van der Waals surface area (Å²) in [6, 6.07) is 12.4. The summed E-state index contributed by atoms with van der Waals surface area (Å²) >= 11 is 0. The van der Waals surface area contributed by atoms with Gasteiger partial charge >= 0.3 is 0 Å². The molecule has 0 radical (unpaired) electrons. The van der Waals surface area contributed by atoms with Crippen molar-refractivity contribution in [2.24, 2.45) is 0 Å². The summed E-state index contributed by atoms with van der Waals surface area (Å²) in [4.78, 5) is 22.7. The molecule has 0 fully saturated rings. The Bertz CT molecular complexity index is 1040. The molecule has 0 heterocycles. The largest absolute Gasteiger partial charge is 0.348 e. The Morgan fingerprint density at radius 1 is 1.10 bits per heavy atom. The molecule has 0 bridgehead atoms. The first-order valence-electron chi connectivity index (χ1n) is 8.81. The normalized spacial score (nSPS) is 12.1. The fraction of sp³-hybridized carbons (Fsp3) is 0.250. The van der Waals surface area contributed by atoms with Gasteiger partial charge in [-0.15, -0.1) is 0 Å². The van der Waals surface area contributed by atoms with Gasteiger partial charge in [0.05, 0.1) is 15.4 Å². The number of nitrogens with zero attached hydrogens (tertiary/aromatic N) is 1. The van der Waals surface area contributed by atoms with Crippen LogP contribution in [0.3, 0.4) is 0 Å². The first-order chi connectivity index (χ1) is 13.5. The number of hydrogen-bond acceptors (Lipinski definition) is 5. The van der Waals surface area contributed by atoms with Crippen molar-refractivity contribution >= 4 is 27.7 Å². The summed E-state index contributed by atoms with van der Waals surface area (Å²) in [5.41, 5.74) is -0.0366. The predicted molar refractivity (Wildman–Crippen MR) is 110 cm³/mol. The number of rotatable bonds is 7. The molecule has 2 aromatic rings. The van der Waals surface area contributed by atoms with Gasteiger partial charge in [0.15, 0.2) is 0 Å². The molecule has 2 N–H and O–H groups in total. The van der Waals surface area contributed by atoms with Gasteiger partial charge in [-0.2, -0.15) is 0 Å². The van der Waals surface area contributed by atoms with Gasteiger partial charge in [0.25, 0.3) is 5.69 Å². The minimum atomic E-state index is -3.76. The van der Waals surface area contributed by atoms with E-state index in [1.165, 1.54) is 30.4 Å². The molecule has 1 amide bonds. The lowest BCUT2D eigenvalue weighted by Crippen LogP contribution is -2.41. The Morgan fingerprint density at radius 3 is 2.38 bits per heavy atom. The van der Waals surface area contributed by atoms with E-state index < -0.39 is 26.4 Å². The fourth-order valence-electron chi connectivity index (χ4n) is 2.57. The molecule has 0 aliphatic carbocycles. The van der Waals surface area contributed by atoms with Crippen molar-refractivity contribution < 1.29 is 18.1 Å². The molecule has 29 heavy (non-hydrogen) atoms. The second-order valence-electron chi connectivity index (χ2n) is 7.33. The van der Waals surface area contributed by atoms with Crippen molar-refractivity contribution in [3.05, 3.63) is 75.8 Å². The molecule has 0 spiro atoms. The number of carbonyl (C=O) groups excluding carboxylic acids is 1. The van der Waals surface area contributed by atoms with Crippen LogP contribution in [-0.2, 0) is 21.4 Å². The number of hydrogen-bond donors (Lipinski definition) is 2. The zero-order valence-corrected chi connectivity index (χ0v) is 17.2. The molecular formula is C20H23N3O5S. The molecule has 0 saturated heterocycles. The van der Waals surface area contributed by atoms with Crippen molar-refractivity contribution in [1.82, 2.24) is 10.0 Å². The molecule has 2 aromatic carbocycles. The molecule has 0 atom stereocenters. The van der Waals surface area contributed by atoms with E-state index in [2.05, 4.69) is 10.0 Å². The van der Waals surface area contributed by atoms with Crippen LogP contribution in [0.1, 0.15) is 31.9 Å². The lowest BCUT2D eigenvalue weighted by Gasteiger charge is -2.21. The molecule has 2 rings (SSSR count). The third kappa shape index (κ3) is 6.51. The zero-order chi connectivity index (χ0) is 21.7. The third-order valence-corrected chi connectivity index (χ3v) is 5.56. The number of nitro benzene ring substituents is 1. The molecule has 0 saturated carbocycles. The highest BCUT2D eigenvalue weighted by atomic mass is 32.2. The molecule has 0 aliphatic heterocycles. The summed E-state index contributed by atoms with van der Waals surface area (Å²) in [6.45, 7) is 5.20. The first kappa shape index (κ1) is 22.3. The number of nitrogens with one attached hydrogen (secondary N) is 2. The summed E-state index contributed by atoms with van der Waals surface area (Å²) < 4.78 is 27.8. The molecule has 9 heteroatoms. The fourth-order valence-corrected chi connectivity index (χ4v) is 4.23. The quantitative estimate of drug-likeness (QED) is 0.408. The van der Waals surface area contributed by atoms with Crippen LogP contribution in [0.25, 0.3) is 6.08 Å². The van der Waals surface area contributed by atoms with E-state index in [9.17, 15) is 23.3 Å². The van der Waals surface area contributed by atoms with Crippen molar-refractivity contribution in [3.8, 4) is 0 Å². The Hall–Kier alpha value is -3.04. The summed E-state index contributed by atoms with van der Waals surface area (Å²) in [5, 5.41) is 13.6. The highest BCUT2D eigenvalue weighted by molar-refractivity contribution is 7.89. The number of para-hydroxylation sites is 1. The van der Waals surface area contributed by atoms with Gasteiger partial charge < -0.3 is 5.32 Å². The minimum absolute atomic E-state index is 0.0126. The van der Waals surface area contributed by atoms with Crippen LogP contribution in [0.5, 0.6) is 0 Å². The van der Waals surface area contributed by atoms with Crippen LogP contribution in [-0.4, -0.2) is 24.8 Å². The molecular weight excluding hydrogens is 394 g/mol. The lowest BCUT2D eigenvalue weighted by molar-refractivity contribution is -0.385. The standard InChI is InChI=1S/C20H23N3O5S/c1-20(2,3)22-29(27,28)18-11-7-5-9-16(18)14-21-19(24)13-12-15-8-4-6-10-17(15)23(25)26/h4-13,22H,14H2,1-3H3,(H,21,24)/b13-12+. The molecule has 8 nitrogen and oxygen atoms in total. The zero-order valence-electron chi connectivity index (χ0n) is 16.4. The van der Waals surface area contributed by atoms with Crippen LogP contribution in [0, 0.1) is 10.1 Å². The Morgan fingerprint density at radius 2 is 1.72 bits per heavy atom. The van der Waals surface area contributed by atoms with E-state index in [4.69, 9.17) is 0 Å². The van der Waals surface area contributed by atoms with Gasteiger partial charge in [-0.05, 0) is 44.5 Å². The highest BCUT2D eigenvalue weighted by Crippen LogP contribution is 2.19. The molecule has 0 unspecified atom stereocenters. The first-order valence-corrected chi connectivity index (χ1v) is 10.3. The number of nitro groups is 1. The van der Waals surface area contributed by atoms with Crippen LogP contribution in [0.15, 0.2) is 59.5 Å². The van der Waals surface area contributed by atoms with Crippen LogP contribution < -0.4 is 10.0 Å². The van der Waals surface area contributed by atoms with Crippen molar-refractivity contribution in [1.29, 1.82) is 0 Å². The summed E-state index contributed by atoms with van der Waals surface area (Å²) in [5.74, 6) is -0.501. The Labute approximate surface area is 169 Å². The smallest absolute Gasteiger partial charge is 0.276 e. The SMILES string of the molecule is CC(C)(C)NS(=O)(=O)c1ccccc1CNC(=O)/C=C/c1ccccc1[N+](=O)[O-]. The highest BCUT2D eigenvalue weighted by Gasteiger charge is 2.24. The minimum Gasteiger partial charge on any atom is -0.348 e. The second-order valence-corrected chi connectivity index (χ2v) is 8.98. The number of benzene rings is 2. The average Bonchev–Trinajstić information content (AvgIpc) is 2.63. The topological polar surface area (TPSA) is 118 Å². The van der Waals surface area contributed by atoms with Gasteiger partial charge in [-0.3, -0.25) is 14.9 Å². The third-order valence-electron chi connectivity index (χ3n) is 3.70. The Kier molecular flexibility index (Phi) is 6.89. The lowest BCUT2D eigenvalue weighted by atomic mass is 10.1. The van der Waals surface area contributed by atoms with E-state index in [-0.39, 0.29) is 17.1 Å². The maximum atomic E-state index is 12.6. The van der Waals surface area contributed by atoms with Gasteiger partial charge in [0.1, 0.15) is 0 Å². The van der Waals surface area contributed by atoms with Gasteiger partial charge in [0.2, 0.25) is 15.9 Å². The predicted octanol–water partition coefficient (Wildman–Crippen LogP) is 3.00. The maximum Gasteiger partial charge on any atom is 0.276 e. The molecule has 154 valence electrons. The molecule has 0 aliphatic rings. The Balaban J connectivity index is 2.13. The van der Waals surface area contributed by atoms with Crippen molar-refractivity contribution in [3.63, 3.8) is 0 Å². The van der Waals surface area contributed by atoms with E-state index in [1.807, 2.05) is 0 Å². The van der Waals surface area contributed by atoms with E-state index in [1.54, 1.807) is 51.1 Å². The van der Waals surface area contributed by atoms with Crippen LogP contribution in [0.2, 0.25) is 0 Å². The van der Waals surface area contributed by atoms with Gasteiger partial charge in [-0.1, -0.05) is 30.3 Å². The second kappa shape index (κ2) is 8.97. The molecule has 0 aromatic heterocycles. The van der Waals surface area contributed by atoms with E-state index in [0.29, 0.717) is 11.1 Å². The summed E-state index contributed by atoms with van der Waals surface area (Å²) in [7, 11) is -3.76. The average molecular weight is 417 g/mol. The number of amides is 1. The monoisotopic (exact) mass is 417 g/mol. The number of sulfonamides is 1. The van der Waals surface area contributed by atoms with Gasteiger partial charge in [-0.25, -0.2) is 13.1 Å².